The maximum atomic E-state index is 14.1. The highest BCUT2D eigenvalue weighted by atomic mass is 32.2. The quantitative estimate of drug-likeness (QED) is 0.490. The number of anilines is 2. The Morgan fingerprint density at radius 1 is 1.21 bits per heavy atom. The van der Waals surface area contributed by atoms with Crippen molar-refractivity contribution >= 4 is 43.7 Å². The molecule has 1 atom stereocenters. The van der Waals surface area contributed by atoms with Gasteiger partial charge >= 0.3 is 0 Å². The summed E-state index contributed by atoms with van der Waals surface area (Å²) in [5.41, 5.74) is 2.48. The van der Waals surface area contributed by atoms with Gasteiger partial charge in [-0.3, -0.25) is 4.79 Å². The number of nitrogens with zero attached hydrogens (tertiary/aromatic N) is 4. The number of amides is 1. The number of hydrogen-bond acceptors (Lipinski definition) is 7. The van der Waals surface area contributed by atoms with Gasteiger partial charge in [-0.2, -0.15) is 4.36 Å². The second-order valence-electron chi connectivity index (χ2n) is 8.19. The Morgan fingerprint density at radius 2 is 1.91 bits per heavy atom. The van der Waals surface area contributed by atoms with E-state index in [1.54, 1.807) is 30.4 Å². The Balaban J connectivity index is 1.99. The Hall–Kier alpha value is -3.27. The van der Waals surface area contributed by atoms with Gasteiger partial charge in [-0.15, -0.1) is 0 Å². The minimum atomic E-state index is -2.33. The van der Waals surface area contributed by atoms with Gasteiger partial charge in [-0.25, -0.2) is 18.6 Å². The molecular weight excluding hydrogens is 457 g/mol. The summed E-state index contributed by atoms with van der Waals surface area (Å²) in [6.07, 6.45) is 3.75. The van der Waals surface area contributed by atoms with Gasteiger partial charge in [0.25, 0.3) is 5.91 Å². The van der Waals surface area contributed by atoms with Crippen LogP contribution < -0.4 is 10.1 Å². The van der Waals surface area contributed by atoms with E-state index in [4.69, 9.17) is 4.74 Å². The van der Waals surface area contributed by atoms with Crippen molar-refractivity contribution in [2.24, 2.45) is 4.36 Å². The molecule has 1 amide bonds. The summed E-state index contributed by atoms with van der Waals surface area (Å²) in [6, 6.07) is 7.64. The van der Waals surface area contributed by atoms with Gasteiger partial charge < -0.3 is 15.0 Å². The third kappa shape index (κ3) is 5.99. The van der Waals surface area contributed by atoms with Crippen LogP contribution in [0, 0.1) is 12.7 Å². The van der Waals surface area contributed by atoms with Gasteiger partial charge in [0.15, 0.2) is 6.10 Å². The third-order valence-corrected chi connectivity index (χ3v) is 5.82. The number of fused-ring (bicyclic) bond motifs is 1. The summed E-state index contributed by atoms with van der Waals surface area (Å²) < 4.78 is 36.3. The number of benzene rings is 2. The Kier molecular flexibility index (Phi) is 7.71. The van der Waals surface area contributed by atoms with E-state index in [2.05, 4.69) is 19.6 Å². The number of aryl methyl sites for hydroxylation is 1. The van der Waals surface area contributed by atoms with Crippen LogP contribution in [0.3, 0.4) is 0 Å². The van der Waals surface area contributed by atoms with Crippen LogP contribution in [0.1, 0.15) is 26.3 Å². The molecule has 0 aliphatic heterocycles. The van der Waals surface area contributed by atoms with E-state index in [1.807, 2.05) is 26.8 Å². The molecule has 0 saturated heterocycles. The predicted octanol–water partition coefficient (Wildman–Crippen LogP) is 4.82. The van der Waals surface area contributed by atoms with Crippen LogP contribution in [0.5, 0.6) is 5.75 Å². The molecule has 0 aliphatic carbocycles. The number of likely N-dealkylation sites (N-methyl/N-ethyl adjacent to an activating group) is 1. The van der Waals surface area contributed by atoms with Crippen molar-refractivity contribution in [2.75, 3.05) is 30.9 Å². The first-order valence-electron chi connectivity index (χ1n) is 11.0. The topological polar surface area (TPSA) is 96.8 Å². The van der Waals surface area contributed by atoms with Crippen molar-refractivity contribution in [3.63, 3.8) is 0 Å². The van der Waals surface area contributed by atoms with Crippen molar-refractivity contribution in [1.82, 2.24) is 14.9 Å². The lowest BCUT2D eigenvalue weighted by atomic mass is 10.1. The third-order valence-electron chi connectivity index (χ3n) is 5.17. The Morgan fingerprint density at radius 3 is 2.56 bits per heavy atom. The van der Waals surface area contributed by atoms with E-state index >= 15 is 0 Å². The average molecular weight is 488 g/mol. The molecule has 0 unspecified atom stereocenters. The zero-order chi connectivity index (χ0) is 25.0. The lowest BCUT2D eigenvalue weighted by molar-refractivity contribution is -0.137. The second-order valence-corrected chi connectivity index (χ2v) is 10.7. The average Bonchev–Trinajstić information content (AvgIpc) is 2.75. The van der Waals surface area contributed by atoms with Crippen LogP contribution in [-0.2, 0) is 14.5 Å². The molecule has 1 aromatic heterocycles. The van der Waals surface area contributed by atoms with Gasteiger partial charge in [0.05, 0.1) is 16.9 Å². The van der Waals surface area contributed by atoms with Crippen LogP contribution in [-0.4, -0.2) is 56.7 Å². The molecule has 10 heteroatoms. The first-order valence-corrected chi connectivity index (χ1v) is 13.3. The summed E-state index contributed by atoms with van der Waals surface area (Å²) in [6.45, 7) is 8.43. The highest BCUT2D eigenvalue weighted by Crippen LogP contribution is 2.34. The monoisotopic (exact) mass is 487 g/mol. The number of carbonyl (C=O) groups excluding carboxylic acids is 1. The van der Waals surface area contributed by atoms with Crippen LogP contribution in [0.25, 0.3) is 10.9 Å². The molecule has 0 saturated carbocycles. The van der Waals surface area contributed by atoms with Crippen molar-refractivity contribution in [3.8, 4) is 5.75 Å². The molecule has 3 aromatic rings. The first kappa shape index (κ1) is 25.4. The predicted molar refractivity (Wildman–Crippen MR) is 134 cm³/mol. The lowest BCUT2D eigenvalue weighted by Crippen LogP contribution is -2.40. The number of halogens is 1. The number of ether oxygens (including phenoxy) is 1. The van der Waals surface area contributed by atoms with Crippen molar-refractivity contribution in [1.29, 1.82) is 0 Å². The van der Waals surface area contributed by atoms with Crippen LogP contribution >= 0.6 is 0 Å². The fourth-order valence-electron chi connectivity index (χ4n) is 3.63. The zero-order valence-electron chi connectivity index (χ0n) is 20.3. The van der Waals surface area contributed by atoms with Gasteiger partial charge in [-0.1, -0.05) is 0 Å². The summed E-state index contributed by atoms with van der Waals surface area (Å²) in [7, 11) is -2.33. The van der Waals surface area contributed by atoms with E-state index in [-0.39, 0.29) is 11.7 Å². The molecule has 182 valence electrons. The Labute approximate surface area is 199 Å². The van der Waals surface area contributed by atoms with E-state index < -0.39 is 21.7 Å². The molecule has 2 aromatic carbocycles. The smallest absolute Gasteiger partial charge is 0.263 e. The van der Waals surface area contributed by atoms with Crippen molar-refractivity contribution < 1.29 is 18.1 Å². The molecule has 0 aliphatic rings. The number of aromatic nitrogens is 2. The molecule has 1 N–H and O–H groups in total. The maximum absolute atomic E-state index is 14.1. The second kappa shape index (κ2) is 10.3. The first-order chi connectivity index (χ1) is 16.0. The fourth-order valence-corrected chi connectivity index (χ4v) is 4.25. The van der Waals surface area contributed by atoms with E-state index in [1.165, 1.54) is 24.5 Å². The zero-order valence-corrected chi connectivity index (χ0v) is 21.1. The summed E-state index contributed by atoms with van der Waals surface area (Å²) in [5, 5.41) is 3.94. The molecule has 0 radical (unpaired) electrons. The summed E-state index contributed by atoms with van der Waals surface area (Å²) in [4.78, 5) is 23.0. The van der Waals surface area contributed by atoms with Crippen LogP contribution in [0.2, 0.25) is 0 Å². The lowest BCUT2D eigenvalue weighted by Gasteiger charge is -2.24. The van der Waals surface area contributed by atoms with Crippen molar-refractivity contribution in [3.05, 3.63) is 48.0 Å². The van der Waals surface area contributed by atoms with Crippen LogP contribution in [0.15, 0.2) is 41.0 Å². The minimum Gasteiger partial charge on any atom is -0.479 e. The van der Waals surface area contributed by atoms with Crippen molar-refractivity contribution in [2.45, 2.75) is 33.8 Å². The van der Waals surface area contributed by atoms with Crippen LogP contribution in [0.4, 0.5) is 21.6 Å². The van der Waals surface area contributed by atoms with E-state index in [9.17, 15) is 13.4 Å². The normalized spacial score (nSPS) is 12.3. The molecule has 34 heavy (non-hydrogen) atoms. The Bertz CT molecular complexity index is 1330. The number of rotatable bonds is 8. The van der Waals surface area contributed by atoms with E-state index in [0.29, 0.717) is 35.8 Å². The molecule has 0 fully saturated rings. The van der Waals surface area contributed by atoms with Gasteiger partial charge in [0.1, 0.15) is 23.7 Å². The summed E-state index contributed by atoms with van der Waals surface area (Å²) >= 11 is 0. The fraction of sp³-hybridized carbons (Fsp3) is 0.375. The number of hydrogen-bond donors (Lipinski definition) is 1. The number of nitrogens with one attached hydrogen (secondary N) is 1. The highest BCUT2D eigenvalue weighted by molar-refractivity contribution is 7.92. The molecule has 8 nitrogen and oxygen atoms in total. The summed E-state index contributed by atoms with van der Waals surface area (Å²) in [5.74, 6) is 0.0201. The highest BCUT2D eigenvalue weighted by Gasteiger charge is 2.22. The molecule has 0 bridgehead atoms. The maximum Gasteiger partial charge on any atom is 0.263 e. The molecule has 3 rings (SSSR count). The molecule has 1 heterocycles. The standard InChI is InChI=1S/C24H30FN5O3S/c1-7-30(8-2)24(31)16(4)33-21-12-17(25)9-10-19(21)28-23-22-15(3)11-18(29-34(5,6)32)13-20(22)26-14-27-23/h9-14,16H,7-8H2,1-6H3,(H,26,27,28)/t16-/m1/s1. The van der Waals surface area contributed by atoms with E-state index in [0.717, 1.165) is 10.9 Å². The SMILES string of the molecule is CCN(CC)C(=O)[C@@H](C)Oc1cc(F)ccc1Nc1ncnc2cc(N=S(C)(C)=O)cc(C)c12. The van der Waals surface area contributed by atoms with Gasteiger partial charge in [0.2, 0.25) is 0 Å². The van der Waals surface area contributed by atoms with Gasteiger partial charge in [0, 0.05) is 46.8 Å². The minimum absolute atomic E-state index is 0.178. The number of carbonyl (C=O) groups is 1. The molecular formula is C24H30FN5O3S. The largest absolute Gasteiger partial charge is 0.479 e. The van der Waals surface area contributed by atoms with Gasteiger partial charge in [-0.05, 0) is 57.5 Å². The molecule has 0 spiro atoms.